The number of nitrogens with zero attached hydrogens (tertiary/aromatic N) is 1. The number of hydrogen-bond acceptors (Lipinski definition) is 5. The minimum atomic E-state index is 0.755. The average molecular weight is 302 g/mol. The molecule has 3 rings (SSSR count). The van der Waals surface area contributed by atoms with E-state index in [1.54, 1.807) is 30.2 Å². The van der Waals surface area contributed by atoms with Gasteiger partial charge in [0.2, 0.25) is 0 Å². The monoisotopic (exact) mass is 302 g/mol. The molecule has 0 fully saturated rings. The summed E-state index contributed by atoms with van der Waals surface area (Å²) in [6, 6.07) is 13.9. The Morgan fingerprint density at radius 1 is 1.25 bits per heavy atom. The first-order valence-electron chi connectivity index (χ1n) is 6.17. The fourth-order valence-electron chi connectivity index (χ4n) is 1.96. The summed E-state index contributed by atoms with van der Waals surface area (Å²) in [6.45, 7) is 0. The molecular weight excluding hydrogens is 288 g/mol. The van der Waals surface area contributed by atoms with E-state index in [0.717, 1.165) is 32.6 Å². The maximum Gasteiger partial charge on any atom is 0.151 e. The van der Waals surface area contributed by atoms with E-state index in [9.17, 15) is 0 Å². The number of benzene rings is 2. The Bertz CT molecular complexity index is 707. The number of rotatable bonds is 4. The summed E-state index contributed by atoms with van der Waals surface area (Å²) in [6.07, 6.45) is 0. The number of nitrogens with two attached hydrogens (primary N) is 1. The summed E-state index contributed by atoms with van der Waals surface area (Å²) in [5.41, 5.74) is 8.74. The first-order valence-corrected chi connectivity index (χ1v) is 7.97. The van der Waals surface area contributed by atoms with Crippen molar-refractivity contribution < 1.29 is 4.74 Å². The highest BCUT2D eigenvalue weighted by atomic mass is 32.2. The van der Waals surface area contributed by atoms with Crippen molar-refractivity contribution in [3.63, 3.8) is 0 Å². The van der Waals surface area contributed by atoms with E-state index in [0.29, 0.717) is 0 Å². The van der Waals surface area contributed by atoms with Gasteiger partial charge in [-0.3, -0.25) is 0 Å². The molecule has 0 saturated heterocycles. The molecule has 0 radical (unpaired) electrons. The van der Waals surface area contributed by atoms with Crippen molar-refractivity contribution in [2.45, 2.75) is 10.1 Å². The molecule has 3 aromatic rings. The molecule has 0 saturated carbocycles. The molecule has 0 aliphatic carbocycles. The molecule has 2 aromatic carbocycles. The molecule has 0 aliphatic rings. The maximum absolute atomic E-state index is 5.83. The van der Waals surface area contributed by atoms with Crippen molar-refractivity contribution in [3.8, 4) is 5.75 Å². The second kappa shape index (κ2) is 5.73. The smallest absolute Gasteiger partial charge is 0.151 e. The average Bonchev–Trinajstić information content (AvgIpc) is 2.88. The normalized spacial score (nSPS) is 10.8. The van der Waals surface area contributed by atoms with E-state index < -0.39 is 0 Å². The molecule has 0 atom stereocenters. The van der Waals surface area contributed by atoms with E-state index in [4.69, 9.17) is 10.5 Å². The number of para-hydroxylation sites is 1. The second-order valence-electron chi connectivity index (χ2n) is 4.31. The highest BCUT2D eigenvalue weighted by molar-refractivity contribution is 8.00. The quantitative estimate of drug-likeness (QED) is 0.580. The molecule has 1 aromatic heterocycles. The number of ether oxygens (including phenoxy) is 1. The Morgan fingerprint density at radius 2 is 2.10 bits per heavy atom. The van der Waals surface area contributed by atoms with E-state index in [1.807, 2.05) is 36.4 Å². The number of anilines is 1. The Labute approximate surface area is 125 Å². The Morgan fingerprint density at radius 3 is 2.90 bits per heavy atom. The highest BCUT2D eigenvalue weighted by Gasteiger charge is 2.07. The zero-order valence-electron chi connectivity index (χ0n) is 11.0. The van der Waals surface area contributed by atoms with Crippen LogP contribution in [0.5, 0.6) is 5.75 Å². The van der Waals surface area contributed by atoms with Gasteiger partial charge in [0.15, 0.2) is 4.34 Å². The van der Waals surface area contributed by atoms with E-state index >= 15 is 0 Å². The van der Waals surface area contributed by atoms with Crippen molar-refractivity contribution in [3.05, 3.63) is 48.0 Å². The van der Waals surface area contributed by atoms with Gasteiger partial charge >= 0.3 is 0 Å². The number of nitrogen functional groups attached to an aromatic ring is 1. The number of methoxy groups -OCH3 is 1. The third-order valence-electron chi connectivity index (χ3n) is 2.93. The molecule has 2 N–H and O–H groups in total. The summed E-state index contributed by atoms with van der Waals surface area (Å²) < 4.78 is 7.64. The van der Waals surface area contributed by atoms with Gasteiger partial charge in [-0.1, -0.05) is 23.9 Å². The SMILES string of the molecule is COc1ccc(N)cc1CSc1nc2ccccc2s1. The first kappa shape index (κ1) is 13.3. The number of aromatic nitrogens is 1. The van der Waals surface area contributed by atoms with Crippen LogP contribution in [0.4, 0.5) is 5.69 Å². The Kier molecular flexibility index (Phi) is 3.80. The third-order valence-corrected chi connectivity index (χ3v) is 5.16. The van der Waals surface area contributed by atoms with Gasteiger partial charge in [0.25, 0.3) is 0 Å². The summed E-state index contributed by atoms with van der Waals surface area (Å²) in [4.78, 5) is 4.62. The molecule has 102 valence electrons. The van der Waals surface area contributed by atoms with Gasteiger partial charge in [-0.2, -0.15) is 0 Å². The minimum Gasteiger partial charge on any atom is -0.496 e. The standard InChI is InChI=1S/C15H14N2OS2/c1-18-13-7-6-11(16)8-10(13)9-19-15-17-12-4-2-3-5-14(12)20-15/h2-8H,9,16H2,1H3. The summed E-state index contributed by atoms with van der Waals surface area (Å²) in [5, 5.41) is 0. The number of hydrogen-bond donors (Lipinski definition) is 1. The molecule has 5 heteroatoms. The van der Waals surface area contributed by atoms with Gasteiger partial charge in [0.1, 0.15) is 5.75 Å². The van der Waals surface area contributed by atoms with Crippen molar-refractivity contribution in [2.24, 2.45) is 0 Å². The summed E-state index contributed by atoms with van der Waals surface area (Å²) in [5.74, 6) is 1.67. The Balaban J connectivity index is 1.80. The lowest BCUT2D eigenvalue weighted by Crippen LogP contribution is -1.93. The molecular formula is C15H14N2OS2. The topological polar surface area (TPSA) is 48.1 Å². The van der Waals surface area contributed by atoms with Gasteiger partial charge in [0, 0.05) is 17.0 Å². The molecule has 1 heterocycles. The number of thiazole rings is 1. The molecule has 0 spiro atoms. The van der Waals surface area contributed by atoms with Crippen LogP contribution >= 0.6 is 23.1 Å². The molecule has 0 aliphatic heterocycles. The molecule has 0 bridgehead atoms. The van der Waals surface area contributed by atoms with Crippen LogP contribution < -0.4 is 10.5 Å². The van der Waals surface area contributed by atoms with Crippen LogP contribution in [0.15, 0.2) is 46.8 Å². The first-order chi connectivity index (χ1) is 9.76. The van der Waals surface area contributed by atoms with Crippen molar-refractivity contribution in [1.29, 1.82) is 0 Å². The fourth-order valence-corrected chi connectivity index (χ4v) is 4.01. The summed E-state index contributed by atoms with van der Waals surface area (Å²) in [7, 11) is 1.68. The van der Waals surface area contributed by atoms with E-state index in [1.165, 1.54) is 4.70 Å². The second-order valence-corrected chi connectivity index (χ2v) is 6.56. The lowest BCUT2D eigenvalue weighted by molar-refractivity contribution is 0.411. The predicted octanol–water partition coefficient (Wildman–Crippen LogP) is 4.18. The van der Waals surface area contributed by atoms with Crippen LogP contribution in [0.3, 0.4) is 0 Å². The van der Waals surface area contributed by atoms with Crippen LogP contribution in [0.2, 0.25) is 0 Å². The Hall–Kier alpha value is -1.72. The molecule has 20 heavy (non-hydrogen) atoms. The van der Waals surface area contributed by atoms with E-state index in [-0.39, 0.29) is 0 Å². The lowest BCUT2D eigenvalue weighted by Gasteiger charge is -2.08. The van der Waals surface area contributed by atoms with Crippen LogP contribution in [-0.4, -0.2) is 12.1 Å². The maximum atomic E-state index is 5.83. The number of fused-ring (bicyclic) bond motifs is 1. The molecule has 3 nitrogen and oxygen atoms in total. The van der Waals surface area contributed by atoms with Crippen LogP contribution in [0.25, 0.3) is 10.2 Å². The van der Waals surface area contributed by atoms with Crippen molar-refractivity contribution >= 4 is 39.0 Å². The largest absolute Gasteiger partial charge is 0.496 e. The highest BCUT2D eigenvalue weighted by Crippen LogP contribution is 2.33. The third kappa shape index (κ3) is 2.73. The van der Waals surface area contributed by atoms with Gasteiger partial charge in [-0.25, -0.2) is 4.98 Å². The zero-order chi connectivity index (χ0) is 13.9. The number of thioether (sulfide) groups is 1. The zero-order valence-corrected chi connectivity index (χ0v) is 12.6. The van der Waals surface area contributed by atoms with Gasteiger partial charge in [-0.15, -0.1) is 11.3 Å². The minimum absolute atomic E-state index is 0.755. The predicted molar refractivity (Wildman–Crippen MR) is 86.6 cm³/mol. The molecule has 0 amide bonds. The fraction of sp³-hybridized carbons (Fsp3) is 0.133. The molecule has 0 unspecified atom stereocenters. The van der Waals surface area contributed by atoms with E-state index in [2.05, 4.69) is 11.1 Å². The van der Waals surface area contributed by atoms with Gasteiger partial charge in [-0.05, 0) is 30.3 Å². The van der Waals surface area contributed by atoms with Crippen LogP contribution in [-0.2, 0) is 5.75 Å². The lowest BCUT2D eigenvalue weighted by atomic mass is 10.2. The van der Waals surface area contributed by atoms with Crippen LogP contribution in [0, 0.1) is 0 Å². The van der Waals surface area contributed by atoms with Crippen molar-refractivity contribution in [1.82, 2.24) is 4.98 Å². The van der Waals surface area contributed by atoms with Crippen LogP contribution in [0.1, 0.15) is 5.56 Å². The summed E-state index contributed by atoms with van der Waals surface area (Å²) >= 11 is 3.42. The van der Waals surface area contributed by atoms with Crippen molar-refractivity contribution in [2.75, 3.05) is 12.8 Å². The van der Waals surface area contributed by atoms with Gasteiger partial charge < -0.3 is 10.5 Å². The van der Waals surface area contributed by atoms with Gasteiger partial charge in [0.05, 0.1) is 17.3 Å².